The van der Waals surface area contributed by atoms with Crippen LogP contribution in [0.2, 0.25) is 0 Å². The number of hydrogen-bond acceptors (Lipinski definition) is 4. The Labute approximate surface area is 118 Å². The number of nitrogens with two attached hydrogens (primary N) is 1. The number of nitrogen functional groups attached to an aromatic ring is 1. The van der Waals surface area contributed by atoms with Crippen LogP contribution < -0.4 is 15.5 Å². The van der Waals surface area contributed by atoms with Gasteiger partial charge in [-0.25, -0.2) is 0 Å². The van der Waals surface area contributed by atoms with Crippen LogP contribution in [0.1, 0.15) is 5.56 Å². The molecule has 0 radical (unpaired) electrons. The molecule has 2 aromatic rings. The lowest BCUT2D eigenvalue weighted by Crippen LogP contribution is -2.36. The number of nitrogens with zero attached hydrogens (tertiary/aromatic N) is 3. The first kappa shape index (κ1) is 12.4. The van der Waals surface area contributed by atoms with Crippen LogP contribution in [0, 0.1) is 11.3 Å². The summed E-state index contributed by atoms with van der Waals surface area (Å²) in [5.74, 6) is 0. The zero-order valence-electron chi connectivity index (χ0n) is 11.4. The van der Waals surface area contributed by atoms with Gasteiger partial charge in [0.2, 0.25) is 0 Å². The Balaban J connectivity index is 2.06. The van der Waals surface area contributed by atoms with Gasteiger partial charge in [0, 0.05) is 25.8 Å². The maximum absolute atomic E-state index is 8.96. The molecule has 2 N–H and O–H groups in total. The maximum atomic E-state index is 8.96. The molecule has 1 aliphatic rings. The molecule has 1 heterocycles. The second kappa shape index (κ2) is 4.78. The lowest BCUT2D eigenvalue weighted by Gasteiger charge is -2.37. The Morgan fingerprint density at radius 1 is 1.10 bits per heavy atom. The molecular weight excluding hydrogens is 248 g/mol. The van der Waals surface area contributed by atoms with Crippen LogP contribution in [0.4, 0.5) is 22.7 Å². The van der Waals surface area contributed by atoms with Crippen molar-refractivity contribution in [1.29, 1.82) is 5.26 Å². The van der Waals surface area contributed by atoms with E-state index >= 15 is 0 Å². The van der Waals surface area contributed by atoms with Crippen LogP contribution in [-0.4, -0.2) is 20.1 Å². The highest BCUT2D eigenvalue weighted by molar-refractivity contribution is 5.80. The summed E-state index contributed by atoms with van der Waals surface area (Å²) in [5, 5.41) is 8.96. The van der Waals surface area contributed by atoms with E-state index in [1.54, 1.807) is 6.07 Å². The van der Waals surface area contributed by atoms with Crippen LogP contribution in [0.15, 0.2) is 42.5 Å². The van der Waals surface area contributed by atoms with Crippen LogP contribution in [0.3, 0.4) is 0 Å². The number of fused-ring (bicyclic) bond motifs is 1. The van der Waals surface area contributed by atoms with Crippen molar-refractivity contribution in [3.05, 3.63) is 48.0 Å². The van der Waals surface area contributed by atoms with Crippen LogP contribution in [0.25, 0.3) is 0 Å². The Morgan fingerprint density at radius 2 is 1.85 bits per heavy atom. The second-order valence-electron chi connectivity index (χ2n) is 4.95. The Hall–Kier alpha value is -2.67. The molecule has 0 saturated heterocycles. The predicted octanol–water partition coefficient (Wildman–Crippen LogP) is 2.73. The Kier molecular flexibility index (Phi) is 2.96. The molecular formula is C16H16N4. The van der Waals surface area contributed by atoms with Crippen molar-refractivity contribution in [2.45, 2.75) is 0 Å². The van der Waals surface area contributed by atoms with Gasteiger partial charge < -0.3 is 15.5 Å². The fourth-order valence-electron chi connectivity index (χ4n) is 2.59. The van der Waals surface area contributed by atoms with Gasteiger partial charge in [-0.3, -0.25) is 0 Å². The van der Waals surface area contributed by atoms with E-state index in [-0.39, 0.29) is 0 Å². The molecule has 0 aliphatic carbocycles. The standard InChI is InChI=1S/C16H16N4/c1-19-8-9-20(16-5-3-2-4-15(16)19)13-7-6-12(11-17)14(18)10-13/h2-7,10H,8-9,18H2,1H3. The van der Waals surface area contributed by atoms with E-state index in [4.69, 9.17) is 11.0 Å². The largest absolute Gasteiger partial charge is 0.398 e. The smallest absolute Gasteiger partial charge is 0.101 e. The van der Waals surface area contributed by atoms with Gasteiger partial charge in [-0.05, 0) is 30.3 Å². The van der Waals surface area contributed by atoms with Crippen LogP contribution in [0.5, 0.6) is 0 Å². The van der Waals surface area contributed by atoms with Gasteiger partial charge in [0.25, 0.3) is 0 Å². The highest BCUT2D eigenvalue weighted by Gasteiger charge is 2.21. The van der Waals surface area contributed by atoms with Crippen molar-refractivity contribution >= 4 is 22.7 Å². The second-order valence-corrected chi connectivity index (χ2v) is 4.95. The van der Waals surface area contributed by atoms with Crippen LogP contribution >= 0.6 is 0 Å². The van der Waals surface area contributed by atoms with Crippen molar-refractivity contribution < 1.29 is 0 Å². The minimum atomic E-state index is 0.524. The summed E-state index contributed by atoms with van der Waals surface area (Å²) in [4.78, 5) is 4.49. The highest BCUT2D eigenvalue weighted by atomic mass is 15.3. The third-order valence-corrected chi connectivity index (χ3v) is 3.71. The summed E-state index contributed by atoms with van der Waals surface area (Å²) in [6.07, 6.45) is 0. The summed E-state index contributed by atoms with van der Waals surface area (Å²) in [6.45, 7) is 1.86. The molecule has 0 atom stereocenters. The van der Waals surface area contributed by atoms with Crippen LogP contribution in [-0.2, 0) is 0 Å². The van der Waals surface area contributed by atoms with Crippen molar-refractivity contribution in [3.63, 3.8) is 0 Å². The molecule has 1 aliphatic heterocycles. The number of benzene rings is 2. The molecule has 4 nitrogen and oxygen atoms in total. The lowest BCUT2D eigenvalue weighted by atomic mass is 10.1. The average Bonchev–Trinajstić information content (AvgIpc) is 2.48. The van der Waals surface area contributed by atoms with Crippen molar-refractivity contribution in [1.82, 2.24) is 0 Å². The third kappa shape index (κ3) is 1.94. The summed E-state index contributed by atoms with van der Waals surface area (Å²) < 4.78 is 0. The van der Waals surface area contributed by atoms with Gasteiger partial charge >= 0.3 is 0 Å². The minimum absolute atomic E-state index is 0.524. The number of anilines is 4. The topological polar surface area (TPSA) is 56.3 Å². The van der Waals surface area contributed by atoms with Gasteiger partial charge in [-0.1, -0.05) is 12.1 Å². The normalized spacial score (nSPS) is 13.8. The molecule has 0 spiro atoms. The monoisotopic (exact) mass is 264 g/mol. The van der Waals surface area contributed by atoms with Gasteiger partial charge in [0.1, 0.15) is 6.07 Å². The molecule has 0 unspecified atom stereocenters. The average molecular weight is 264 g/mol. The SMILES string of the molecule is CN1CCN(c2ccc(C#N)c(N)c2)c2ccccc21. The fraction of sp³-hybridized carbons (Fsp3) is 0.188. The first-order chi connectivity index (χ1) is 9.70. The van der Waals surface area contributed by atoms with E-state index in [9.17, 15) is 0 Å². The zero-order valence-corrected chi connectivity index (χ0v) is 11.4. The molecule has 100 valence electrons. The third-order valence-electron chi connectivity index (χ3n) is 3.71. The minimum Gasteiger partial charge on any atom is -0.398 e. The number of rotatable bonds is 1. The van der Waals surface area contributed by atoms with Gasteiger partial charge in [0.05, 0.1) is 22.6 Å². The molecule has 0 bridgehead atoms. The molecule has 0 amide bonds. The molecule has 20 heavy (non-hydrogen) atoms. The Morgan fingerprint density at radius 3 is 2.55 bits per heavy atom. The molecule has 2 aromatic carbocycles. The zero-order chi connectivity index (χ0) is 14.1. The lowest BCUT2D eigenvalue weighted by molar-refractivity contribution is 0.822. The summed E-state index contributed by atoms with van der Waals surface area (Å²) in [7, 11) is 2.10. The summed E-state index contributed by atoms with van der Waals surface area (Å²) >= 11 is 0. The highest BCUT2D eigenvalue weighted by Crippen LogP contribution is 2.37. The molecule has 0 saturated carbocycles. The fourth-order valence-corrected chi connectivity index (χ4v) is 2.59. The van der Waals surface area contributed by atoms with E-state index in [0.29, 0.717) is 11.3 Å². The first-order valence-electron chi connectivity index (χ1n) is 6.58. The number of hydrogen-bond donors (Lipinski definition) is 1. The van der Waals surface area contributed by atoms with E-state index < -0.39 is 0 Å². The molecule has 0 fully saturated rings. The quantitative estimate of drug-likeness (QED) is 0.805. The van der Waals surface area contributed by atoms with Gasteiger partial charge in [-0.2, -0.15) is 5.26 Å². The van der Waals surface area contributed by atoms with Gasteiger partial charge in [-0.15, -0.1) is 0 Å². The molecule has 4 heteroatoms. The summed E-state index contributed by atoms with van der Waals surface area (Å²) in [5.41, 5.74) is 10.4. The van der Waals surface area contributed by atoms with E-state index in [2.05, 4.69) is 35.0 Å². The number of para-hydroxylation sites is 2. The van der Waals surface area contributed by atoms with Crippen molar-refractivity contribution in [3.8, 4) is 6.07 Å². The number of likely N-dealkylation sites (N-methyl/N-ethyl adjacent to an activating group) is 1. The van der Waals surface area contributed by atoms with Crippen molar-refractivity contribution in [2.24, 2.45) is 0 Å². The molecule has 3 rings (SSSR count). The Bertz CT molecular complexity index is 687. The van der Waals surface area contributed by atoms with E-state index in [1.807, 2.05) is 24.3 Å². The predicted molar refractivity (Wildman–Crippen MR) is 82.3 cm³/mol. The first-order valence-corrected chi connectivity index (χ1v) is 6.58. The maximum Gasteiger partial charge on any atom is 0.101 e. The number of nitriles is 1. The summed E-state index contributed by atoms with van der Waals surface area (Å²) in [6, 6.07) is 16.0. The van der Waals surface area contributed by atoms with Gasteiger partial charge in [0.15, 0.2) is 0 Å². The van der Waals surface area contributed by atoms with E-state index in [0.717, 1.165) is 18.8 Å². The van der Waals surface area contributed by atoms with Crippen molar-refractivity contribution in [2.75, 3.05) is 35.7 Å². The van der Waals surface area contributed by atoms with E-state index in [1.165, 1.54) is 11.4 Å². The molecule has 0 aromatic heterocycles.